The molecule has 0 unspecified atom stereocenters. The molecule has 3 amide bonds. The highest BCUT2D eigenvalue weighted by molar-refractivity contribution is 8.01. The van der Waals surface area contributed by atoms with Gasteiger partial charge in [-0.25, -0.2) is 19.2 Å². The second-order valence-corrected chi connectivity index (χ2v) is 6.29. The van der Waals surface area contributed by atoms with Crippen molar-refractivity contribution in [2.45, 2.75) is 0 Å². The number of urea groups is 1. The van der Waals surface area contributed by atoms with Crippen molar-refractivity contribution >= 4 is 39.6 Å². The minimum Gasteiger partial charge on any atom is -0.478 e. The fraction of sp³-hybridized carbons (Fsp3) is 0.214. The van der Waals surface area contributed by atoms with Crippen LogP contribution in [0.15, 0.2) is 24.3 Å². The summed E-state index contributed by atoms with van der Waals surface area (Å²) >= 11 is 0. The molecule has 0 aliphatic carbocycles. The van der Waals surface area contributed by atoms with Gasteiger partial charge < -0.3 is 20.1 Å². The standard InChI is InChI=1S/C14H15N3O10S/c1-15-13(22)17(14(23)28(24,25)27-16(2)6-7-18)26-12(21)10-5-3-4-9(8-10)11(19)20/h3-5,7-8H,6H2,1-2H3,(H,15,22)(H,19,20). The summed E-state index contributed by atoms with van der Waals surface area (Å²) in [5.74, 6) is -2.75. The number of benzene rings is 1. The van der Waals surface area contributed by atoms with E-state index in [1.165, 1.54) is 12.1 Å². The molecule has 13 nitrogen and oxygen atoms in total. The van der Waals surface area contributed by atoms with Crippen molar-refractivity contribution in [2.24, 2.45) is 0 Å². The molecule has 0 bridgehead atoms. The van der Waals surface area contributed by atoms with E-state index in [2.05, 4.69) is 9.12 Å². The average molecular weight is 417 g/mol. The number of carboxylic acids is 1. The number of carboxylic acid groups (broad SMARTS) is 1. The average Bonchev–Trinajstić information content (AvgIpc) is 2.64. The highest BCUT2D eigenvalue weighted by Crippen LogP contribution is 2.12. The van der Waals surface area contributed by atoms with Crippen LogP contribution in [0.25, 0.3) is 0 Å². The van der Waals surface area contributed by atoms with Crippen molar-refractivity contribution in [2.75, 3.05) is 20.6 Å². The monoisotopic (exact) mass is 417 g/mol. The van der Waals surface area contributed by atoms with E-state index < -0.39 is 44.9 Å². The van der Waals surface area contributed by atoms with E-state index in [4.69, 9.17) is 5.11 Å². The number of nitrogens with zero attached hydrogens (tertiary/aromatic N) is 2. The molecule has 0 heterocycles. The Morgan fingerprint density at radius 3 is 2.36 bits per heavy atom. The predicted molar refractivity (Wildman–Crippen MR) is 89.2 cm³/mol. The largest absolute Gasteiger partial charge is 0.478 e. The van der Waals surface area contributed by atoms with Gasteiger partial charge in [0.1, 0.15) is 6.29 Å². The predicted octanol–water partition coefficient (Wildman–Crippen LogP) is -0.390. The topological polar surface area (TPSA) is 177 Å². The maximum atomic E-state index is 12.1. The van der Waals surface area contributed by atoms with Gasteiger partial charge in [-0.15, -0.1) is 0 Å². The number of likely N-dealkylation sites (N-methyl/N-ethyl adjacent to an activating group) is 1. The summed E-state index contributed by atoms with van der Waals surface area (Å²) in [5.41, 5.74) is -0.670. The molecule has 1 rings (SSSR count). The first-order valence-corrected chi connectivity index (χ1v) is 8.65. The van der Waals surface area contributed by atoms with Crippen molar-refractivity contribution in [3.63, 3.8) is 0 Å². The van der Waals surface area contributed by atoms with Gasteiger partial charge in [-0.05, 0) is 18.2 Å². The quantitative estimate of drug-likeness (QED) is 0.455. The zero-order valence-corrected chi connectivity index (χ0v) is 15.3. The van der Waals surface area contributed by atoms with Gasteiger partial charge in [0.05, 0.1) is 17.7 Å². The van der Waals surface area contributed by atoms with Crippen molar-refractivity contribution in [3.8, 4) is 0 Å². The number of carbonyl (C=O) groups is 5. The first-order valence-electron chi connectivity index (χ1n) is 7.24. The SMILES string of the molecule is CNC(=O)N(OC(=O)c1cccc(C(=O)O)c1)C(=O)S(=O)(=O)ON(C)CC=O. The Labute approximate surface area is 158 Å². The van der Waals surface area contributed by atoms with Gasteiger partial charge in [-0.1, -0.05) is 11.1 Å². The van der Waals surface area contributed by atoms with Crippen LogP contribution in [0.4, 0.5) is 9.59 Å². The van der Waals surface area contributed by atoms with Crippen LogP contribution in [0.2, 0.25) is 0 Å². The van der Waals surface area contributed by atoms with Crippen molar-refractivity contribution in [3.05, 3.63) is 35.4 Å². The van der Waals surface area contributed by atoms with Crippen LogP contribution in [0.5, 0.6) is 0 Å². The number of aldehydes is 1. The third-order valence-corrected chi connectivity index (χ3v) is 3.90. The molecule has 152 valence electrons. The zero-order valence-electron chi connectivity index (χ0n) is 14.5. The smallest absolute Gasteiger partial charge is 0.409 e. The minimum atomic E-state index is -5.16. The Bertz CT molecular complexity index is 898. The highest BCUT2D eigenvalue weighted by atomic mass is 32.2. The second kappa shape index (κ2) is 9.54. The van der Waals surface area contributed by atoms with Gasteiger partial charge in [0.2, 0.25) is 0 Å². The fourth-order valence-electron chi connectivity index (χ4n) is 1.61. The van der Waals surface area contributed by atoms with Crippen molar-refractivity contribution < 1.29 is 46.6 Å². The normalized spacial score (nSPS) is 10.8. The lowest BCUT2D eigenvalue weighted by Gasteiger charge is -2.19. The summed E-state index contributed by atoms with van der Waals surface area (Å²) in [6, 6.07) is 2.94. The van der Waals surface area contributed by atoms with Crippen LogP contribution < -0.4 is 5.32 Å². The summed E-state index contributed by atoms with van der Waals surface area (Å²) in [6.45, 7) is -0.520. The van der Waals surface area contributed by atoms with Crippen LogP contribution in [0.3, 0.4) is 0 Å². The minimum absolute atomic E-state index is 0.284. The van der Waals surface area contributed by atoms with Crippen LogP contribution >= 0.6 is 0 Å². The lowest BCUT2D eigenvalue weighted by atomic mass is 10.1. The number of hydroxylamine groups is 4. The van der Waals surface area contributed by atoms with Crippen LogP contribution in [0, 0.1) is 0 Å². The molecule has 0 radical (unpaired) electrons. The molecule has 0 aliphatic heterocycles. The maximum absolute atomic E-state index is 12.1. The molecule has 28 heavy (non-hydrogen) atoms. The zero-order chi connectivity index (χ0) is 21.5. The van der Waals surface area contributed by atoms with E-state index >= 15 is 0 Å². The van der Waals surface area contributed by atoms with Gasteiger partial charge >= 0.3 is 33.3 Å². The van der Waals surface area contributed by atoms with Gasteiger partial charge in [-0.2, -0.15) is 17.8 Å². The number of carbonyl (C=O) groups excluding carboxylic acids is 4. The summed E-state index contributed by atoms with van der Waals surface area (Å²) in [7, 11) is -3.12. The molecule has 0 aromatic heterocycles. The number of amides is 3. The summed E-state index contributed by atoms with van der Waals surface area (Å²) in [6.07, 6.45) is 0.284. The molecule has 14 heteroatoms. The fourth-order valence-corrected chi connectivity index (χ4v) is 2.40. The molecule has 0 saturated heterocycles. The van der Waals surface area contributed by atoms with Gasteiger partial charge in [-0.3, -0.25) is 0 Å². The van der Waals surface area contributed by atoms with E-state index in [1.54, 1.807) is 0 Å². The van der Waals surface area contributed by atoms with E-state index in [-0.39, 0.29) is 17.4 Å². The van der Waals surface area contributed by atoms with Crippen LogP contribution in [0.1, 0.15) is 20.7 Å². The number of aromatic carboxylic acids is 1. The number of hydrogen-bond acceptors (Lipinski definition) is 10. The molecular weight excluding hydrogens is 402 g/mol. The van der Waals surface area contributed by atoms with Gasteiger partial charge in [0.25, 0.3) is 0 Å². The van der Waals surface area contributed by atoms with Crippen molar-refractivity contribution in [1.82, 2.24) is 15.4 Å². The number of hydrogen-bond donors (Lipinski definition) is 2. The molecule has 0 atom stereocenters. The molecule has 0 aliphatic rings. The third kappa shape index (κ3) is 5.83. The Morgan fingerprint density at radius 2 is 1.82 bits per heavy atom. The van der Waals surface area contributed by atoms with E-state index in [1.807, 2.05) is 5.32 Å². The molecule has 0 spiro atoms. The number of rotatable bonds is 6. The third-order valence-electron chi connectivity index (χ3n) is 2.85. The van der Waals surface area contributed by atoms with Crippen LogP contribution in [-0.4, -0.2) is 73.8 Å². The van der Waals surface area contributed by atoms with Crippen molar-refractivity contribution in [1.29, 1.82) is 0 Å². The maximum Gasteiger partial charge on any atom is 0.409 e. The van der Waals surface area contributed by atoms with Gasteiger partial charge in [0.15, 0.2) is 0 Å². The summed E-state index contributed by atoms with van der Waals surface area (Å²) < 4.78 is 28.1. The lowest BCUT2D eigenvalue weighted by Crippen LogP contribution is -2.47. The summed E-state index contributed by atoms with van der Waals surface area (Å²) in [5, 5.41) is 8.81. The molecule has 1 aromatic rings. The van der Waals surface area contributed by atoms with E-state index in [9.17, 15) is 32.4 Å². The van der Waals surface area contributed by atoms with E-state index in [0.29, 0.717) is 5.06 Å². The van der Waals surface area contributed by atoms with Crippen LogP contribution in [-0.2, 0) is 24.0 Å². The second-order valence-electron chi connectivity index (χ2n) is 4.89. The first-order chi connectivity index (χ1) is 13.0. The molecule has 1 aromatic carbocycles. The number of imide groups is 1. The van der Waals surface area contributed by atoms with Gasteiger partial charge in [0, 0.05) is 14.1 Å². The first kappa shape index (κ1) is 22.7. The number of nitrogens with one attached hydrogen (secondary N) is 1. The Morgan fingerprint density at radius 1 is 1.21 bits per heavy atom. The Balaban J connectivity index is 3.12. The Hall–Kier alpha value is -3.36. The lowest BCUT2D eigenvalue weighted by molar-refractivity contribution is -0.115. The Kier molecular flexibility index (Phi) is 7.73. The highest BCUT2D eigenvalue weighted by Gasteiger charge is 2.38. The molecule has 0 fully saturated rings. The molecule has 0 saturated carbocycles. The molecule has 2 N–H and O–H groups in total. The summed E-state index contributed by atoms with van der Waals surface area (Å²) in [4.78, 5) is 61.8. The van der Waals surface area contributed by atoms with E-state index in [0.717, 1.165) is 26.2 Å². The molecular formula is C14H15N3O10S.